The van der Waals surface area contributed by atoms with E-state index < -0.39 is 0 Å². The Morgan fingerprint density at radius 1 is 1.00 bits per heavy atom. The van der Waals surface area contributed by atoms with E-state index in [4.69, 9.17) is 0 Å². The minimum Gasteiger partial charge on any atom is -0.252 e. The minimum atomic E-state index is 0.962. The average Bonchev–Trinajstić information content (AvgIpc) is 2.50. The lowest BCUT2D eigenvalue weighted by Crippen LogP contribution is -1.92. The molecule has 0 bridgehead atoms. The molecule has 2 aromatic rings. The van der Waals surface area contributed by atoms with E-state index in [-0.39, 0.29) is 0 Å². The van der Waals surface area contributed by atoms with Crippen LogP contribution in [0.15, 0.2) is 35.0 Å². The number of aromatic nitrogens is 1. The molecule has 0 fully saturated rings. The predicted octanol–water partition coefficient (Wildman–Crippen LogP) is 3.99. The van der Waals surface area contributed by atoms with Crippen LogP contribution in [0, 0.1) is 6.92 Å². The van der Waals surface area contributed by atoms with Crippen molar-refractivity contribution in [2.45, 2.75) is 20.8 Å². The molecule has 18 heavy (non-hydrogen) atoms. The van der Waals surface area contributed by atoms with Gasteiger partial charge in [0.2, 0.25) is 0 Å². The maximum atomic E-state index is 4.67. The number of benzene rings is 1. The highest BCUT2D eigenvalue weighted by Crippen LogP contribution is 2.29. The van der Waals surface area contributed by atoms with Crippen LogP contribution in [0.3, 0.4) is 0 Å². The number of hydrogen-bond acceptors (Lipinski definition) is 2. The zero-order chi connectivity index (χ0) is 12.7. The summed E-state index contributed by atoms with van der Waals surface area (Å²) in [4.78, 5) is 8.97. The summed E-state index contributed by atoms with van der Waals surface area (Å²) in [6, 6.07) is 8.40. The summed E-state index contributed by atoms with van der Waals surface area (Å²) < 4.78 is 0. The molecular weight excluding hydrogens is 220 g/mol. The molecule has 1 aliphatic rings. The molecule has 0 atom stereocenters. The van der Waals surface area contributed by atoms with Crippen LogP contribution in [0.5, 0.6) is 0 Å². The van der Waals surface area contributed by atoms with Crippen LogP contribution in [0.2, 0.25) is 0 Å². The van der Waals surface area contributed by atoms with Gasteiger partial charge in [-0.1, -0.05) is 18.2 Å². The molecular formula is C16H14N2. The first-order valence-electron chi connectivity index (χ1n) is 6.04. The lowest BCUT2D eigenvalue weighted by molar-refractivity contribution is 1.25. The molecule has 1 aromatic heterocycles. The Kier molecular flexibility index (Phi) is 2.39. The van der Waals surface area contributed by atoms with E-state index in [0.29, 0.717) is 0 Å². The average molecular weight is 234 g/mol. The second kappa shape index (κ2) is 3.94. The second-order valence-electron chi connectivity index (χ2n) is 4.69. The van der Waals surface area contributed by atoms with Gasteiger partial charge in [0.05, 0.1) is 5.52 Å². The molecule has 0 saturated heterocycles. The van der Waals surface area contributed by atoms with Gasteiger partial charge in [-0.2, -0.15) is 0 Å². The molecule has 88 valence electrons. The molecule has 0 saturated carbocycles. The molecule has 3 rings (SSSR count). The Morgan fingerprint density at radius 2 is 1.78 bits per heavy atom. The van der Waals surface area contributed by atoms with Gasteiger partial charge in [-0.15, -0.1) is 0 Å². The number of aryl methyl sites for hydroxylation is 1. The van der Waals surface area contributed by atoms with Crippen LogP contribution in [0.25, 0.3) is 22.6 Å². The van der Waals surface area contributed by atoms with Gasteiger partial charge in [0.25, 0.3) is 0 Å². The highest BCUT2D eigenvalue weighted by atomic mass is 14.7. The third-order valence-electron chi connectivity index (χ3n) is 3.20. The van der Waals surface area contributed by atoms with Crippen LogP contribution in [0.1, 0.15) is 30.7 Å². The van der Waals surface area contributed by atoms with Crippen molar-refractivity contribution in [1.82, 2.24) is 4.98 Å². The van der Waals surface area contributed by atoms with Crippen molar-refractivity contribution in [3.8, 4) is 0 Å². The Balaban J connectivity index is 2.46. The number of pyridine rings is 1. The van der Waals surface area contributed by atoms with Crippen LogP contribution < -0.4 is 0 Å². The first kappa shape index (κ1) is 10.9. The molecule has 0 N–H and O–H groups in total. The van der Waals surface area contributed by atoms with Gasteiger partial charge in [0.1, 0.15) is 0 Å². The van der Waals surface area contributed by atoms with Crippen molar-refractivity contribution in [3.05, 3.63) is 46.8 Å². The number of allylic oxidation sites excluding steroid dienone is 2. The van der Waals surface area contributed by atoms with Crippen molar-refractivity contribution in [3.63, 3.8) is 0 Å². The molecule has 0 unspecified atom stereocenters. The number of hydrogen-bond donors (Lipinski definition) is 0. The first-order chi connectivity index (χ1) is 8.65. The summed E-state index contributed by atoms with van der Waals surface area (Å²) in [6.07, 6.45) is 2.09. The Hall–Kier alpha value is -2.18. The summed E-state index contributed by atoms with van der Waals surface area (Å²) in [6.45, 7) is 6.05. The Labute approximate surface area is 106 Å². The minimum absolute atomic E-state index is 0.962. The van der Waals surface area contributed by atoms with Crippen molar-refractivity contribution in [2.75, 3.05) is 0 Å². The van der Waals surface area contributed by atoms with Crippen LogP contribution >= 0.6 is 0 Å². The van der Waals surface area contributed by atoms with Crippen LogP contribution in [-0.2, 0) is 0 Å². The molecule has 0 aliphatic carbocycles. The molecule has 1 aromatic carbocycles. The Bertz CT molecular complexity index is 745. The highest BCUT2D eigenvalue weighted by Gasteiger charge is 2.11. The molecule has 0 amide bonds. The van der Waals surface area contributed by atoms with Crippen molar-refractivity contribution in [1.29, 1.82) is 0 Å². The maximum Gasteiger partial charge on any atom is 0.0784 e. The third kappa shape index (κ3) is 1.68. The molecule has 2 nitrogen and oxygen atoms in total. The zero-order valence-corrected chi connectivity index (χ0v) is 10.8. The zero-order valence-electron chi connectivity index (χ0n) is 10.8. The van der Waals surface area contributed by atoms with Gasteiger partial charge >= 0.3 is 0 Å². The summed E-state index contributed by atoms with van der Waals surface area (Å²) in [7, 11) is 0. The monoisotopic (exact) mass is 234 g/mol. The van der Waals surface area contributed by atoms with E-state index in [0.717, 1.165) is 33.4 Å². The molecule has 2 heterocycles. The summed E-state index contributed by atoms with van der Waals surface area (Å²) in [5.74, 6) is 3.08. The van der Waals surface area contributed by atoms with Crippen LogP contribution in [-0.4, -0.2) is 10.9 Å². The molecule has 2 heteroatoms. The summed E-state index contributed by atoms with van der Waals surface area (Å²) >= 11 is 0. The molecule has 0 spiro atoms. The fourth-order valence-corrected chi connectivity index (χ4v) is 2.25. The Morgan fingerprint density at radius 3 is 2.61 bits per heavy atom. The third-order valence-corrected chi connectivity index (χ3v) is 3.20. The van der Waals surface area contributed by atoms with Gasteiger partial charge < -0.3 is 0 Å². The van der Waals surface area contributed by atoms with E-state index in [9.17, 15) is 0 Å². The number of aliphatic imine (C=N–C) groups is 1. The normalized spacial score (nSPS) is 13.9. The van der Waals surface area contributed by atoms with E-state index in [2.05, 4.69) is 40.1 Å². The fraction of sp³-hybridized carbons (Fsp3) is 0.188. The van der Waals surface area contributed by atoms with Gasteiger partial charge in [0.15, 0.2) is 0 Å². The number of fused-ring (bicyclic) bond motifs is 3. The van der Waals surface area contributed by atoms with Crippen molar-refractivity contribution >= 4 is 28.4 Å². The second-order valence-corrected chi connectivity index (χ2v) is 4.69. The van der Waals surface area contributed by atoms with Gasteiger partial charge in [-0.25, -0.2) is 4.99 Å². The molecule has 0 radical (unpaired) electrons. The van der Waals surface area contributed by atoms with E-state index in [1.54, 1.807) is 0 Å². The van der Waals surface area contributed by atoms with E-state index >= 15 is 0 Å². The topological polar surface area (TPSA) is 25.2 Å². The molecule has 1 aliphatic heterocycles. The van der Waals surface area contributed by atoms with Gasteiger partial charge in [0, 0.05) is 27.9 Å². The lowest BCUT2D eigenvalue weighted by atomic mass is 9.98. The van der Waals surface area contributed by atoms with E-state index in [1.807, 2.05) is 26.8 Å². The fourth-order valence-electron chi connectivity index (χ4n) is 2.25. The predicted molar refractivity (Wildman–Crippen MR) is 76.6 cm³/mol. The first-order valence-corrected chi connectivity index (χ1v) is 6.04. The van der Waals surface area contributed by atoms with Crippen LogP contribution in [0.4, 0.5) is 0 Å². The largest absolute Gasteiger partial charge is 0.252 e. The lowest BCUT2D eigenvalue weighted by Gasteiger charge is -2.08. The quantitative estimate of drug-likeness (QED) is 0.676. The van der Waals surface area contributed by atoms with Crippen molar-refractivity contribution in [2.24, 2.45) is 4.99 Å². The summed E-state index contributed by atoms with van der Waals surface area (Å²) in [5.41, 5.74) is 6.42. The smallest absolute Gasteiger partial charge is 0.0784 e. The van der Waals surface area contributed by atoms with Gasteiger partial charge in [-0.05, 0) is 44.3 Å². The summed E-state index contributed by atoms with van der Waals surface area (Å²) in [5, 5.41) is 1.16. The van der Waals surface area contributed by atoms with Gasteiger partial charge in [-0.3, -0.25) is 4.98 Å². The number of nitrogens with zero attached hydrogens (tertiary/aromatic N) is 2. The van der Waals surface area contributed by atoms with Crippen molar-refractivity contribution < 1.29 is 0 Å². The standard InChI is InChI=1S/C16H14N2/c1-10-9-17-12(3)8-15-14(10)7-6-13-5-4-11(2)18-16(13)15/h4-8H,1-3H3. The van der Waals surface area contributed by atoms with E-state index in [1.165, 1.54) is 5.56 Å². The number of rotatable bonds is 0. The SMILES string of the molecule is CC1=C=NC(C)=Cc2c1ccc1ccc(C)nc21. The maximum absolute atomic E-state index is 4.67. The highest BCUT2D eigenvalue weighted by molar-refractivity contribution is 6.00.